The van der Waals surface area contributed by atoms with Gasteiger partial charge < -0.3 is 10.5 Å². The van der Waals surface area contributed by atoms with E-state index in [9.17, 15) is 0 Å². The van der Waals surface area contributed by atoms with E-state index in [0.29, 0.717) is 11.5 Å². The Morgan fingerprint density at radius 3 is 2.50 bits per heavy atom. The number of rotatable bonds is 3. The third kappa shape index (κ3) is 3.06. The minimum Gasteiger partial charge on any atom is -0.372 e. The molecule has 20 heavy (non-hydrogen) atoms. The van der Waals surface area contributed by atoms with Gasteiger partial charge >= 0.3 is 0 Å². The Bertz CT molecular complexity index is 323. The second kappa shape index (κ2) is 5.96. The van der Waals surface area contributed by atoms with Crippen LogP contribution in [0.4, 0.5) is 0 Å². The van der Waals surface area contributed by atoms with Crippen LogP contribution < -0.4 is 5.73 Å². The minimum atomic E-state index is 0.277. The van der Waals surface area contributed by atoms with Gasteiger partial charge in [-0.25, -0.2) is 0 Å². The summed E-state index contributed by atoms with van der Waals surface area (Å²) in [6.07, 6.45) is 16.6. The van der Waals surface area contributed by atoms with Crippen molar-refractivity contribution in [2.75, 3.05) is 6.54 Å². The Balaban J connectivity index is 1.60. The molecule has 3 rings (SSSR count). The summed E-state index contributed by atoms with van der Waals surface area (Å²) in [6, 6.07) is 0. The van der Waals surface area contributed by atoms with Crippen LogP contribution in [0.5, 0.6) is 0 Å². The molecule has 2 nitrogen and oxygen atoms in total. The van der Waals surface area contributed by atoms with Crippen LogP contribution in [-0.4, -0.2) is 18.2 Å². The molecule has 0 aromatic rings. The molecule has 2 aliphatic carbocycles. The molecule has 0 aromatic heterocycles. The highest BCUT2D eigenvalue weighted by Gasteiger charge is 2.44. The molecule has 0 aromatic carbocycles. The Labute approximate surface area is 124 Å². The molecule has 2 heteroatoms. The Morgan fingerprint density at radius 1 is 1.00 bits per heavy atom. The van der Waals surface area contributed by atoms with Gasteiger partial charge in [0.2, 0.25) is 0 Å². The lowest BCUT2D eigenvalue weighted by Crippen LogP contribution is -2.39. The average Bonchev–Trinajstić information content (AvgIpc) is 2.82. The van der Waals surface area contributed by atoms with E-state index in [-0.39, 0.29) is 5.60 Å². The van der Waals surface area contributed by atoms with E-state index in [0.717, 1.165) is 12.5 Å². The van der Waals surface area contributed by atoms with Crippen LogP contribution in [0.2, 0.25) is 0 Å². The van der Waals surface area contributed by atoms with Crippen molar-refractivity contribution in [3.63, 3.8) is 0 Å². The van der Waals surface area contributed by atoms with Crippen molar-refractivity contribution < 1.29 is 4.74 Å². The lowest BCUT2D eigenvalue weighted by Gasteiger charge is -2.41. The quantitative estimate of drug-likeness (QED) is 0.830. The van der Waals surface area contributed by atoms with Gasteiger partial charge in [-0.2, -0.15) is 0 Å². The van der Waals surface area contributed by atoms with Crippen molar-refractivity contribution in [3.8, 4) is 0 Å². The largest absolute Gasteiger partial charge is 0.372 e. The van der Waals surface area contributed by atoms with Crippen molar-refractivity contribution in [3.05, 3.63) is 0 Å². The summed E-state index contributed by atoms with van der Waals surface area (Å²) < 4.78 is 6.60. The van der Waals surface area contributed by atoms with Crippen LogP contribution in [0.3, 0.4) is 0 Å². The number of ether oxygens (including phenoxy) is 1. The van der Waals surface area contributed by atoms with E-state index in [2.05, 4.69) is 6.92 Å². The molecule has 3 atom stereocenters. The zero-order valence-electron chi connectivity index (χ0n) is 13.3. The predicted octanol–water partition coefficient (Wildman–Crippen LogP) is 4.41. The fraction of sp³-hybridized carbons (Fsp3) is 1.00. The van der Waals surface area contributed by atoms with E-state index in [1.54, 1.807) is 0 Å². The van der Waals surface area contributed by atoms with Gasteiger partial charge in [0.05, 0.1) is 11.7 Å². The van der Waals surface area contributed by atoms with Gasteiger partial charge in [0.15, 0.2) is 0 Å². The first-order valence-electron chi connectivity index (χ1n) is 9.03. The summed E-state index contributed by atoms with van der Waals surface area (Å²) in [5.41, 5.74) is 6.86. The fourth-order valence-corrected chi connectivity index (χ4v) is 5.31. The first-order chi connectivity index (χ1) is 9.65. The molecule has 1 aliphatic heterocycles. The molecule has 0 bridgehead atoms. The average molecular weight is 279 g/mol. The van der Waals surface area contributed by atoms with Crippen molar-refractivity contribution in [2.45, 2.75) is 95.7 Å². The smallest absolute Gasteiger partial charge is 0.0687 e. The van der Waals surface area contributed by atoms with Crippen LogP contribution >= 0.6 is 0 Å². The molecular weight excluding hydrogens is 246 g/mol. The summed E-state index contributed by atoms with van der Waals surface area (Å²) in [6.45, 7) is 3.27. The third-order valence-electron chi connectivity index (χ3n) is 6.38. The van der Waals surface area contributed by atoms with Gasteiger partial charge in [-0.15, -0.1) is 0 Å². The van der Waals surface area contributed by atoms with Crippen molar-refractivity contribution in [1.82, 2.24) is 0 Å². The summed E-state index contributed by atoms with van der Waals surface area (Å²) in [5, 5.41) is 0. The summed E-state index contributed by atoms with van der Waals surface area (Å²) in [7, 11) is 0. The monoisotopic (exact) mass is 279 g/mol. The zero-order valence-corrected chi connectivity index (χ0v) is 13.3. The van der Waals surface area contributed by atoms with Crippen molar-refractivity contribution in [1.29, 1.82) is 0 Å². The molecule has 1 saturated heterocycles. The Hall–Kier alpha value is -0.0800. The maximum atomic E-state index is 6.60. The molecule has 116 valence electrons. The van der Waals surface area contributed by atoms with E-state index < -0.39 is 0 Å². The van der Waals surface area contributed by atoms with Crippen LogP contribution in [0, 0.1) is 11.3 Å². The van der Waals surface area contributed by atoms with Gasteiger partial charge in [-0.1, -0.05) is 39.0 Å². The minimum absolute atomic E-state index is 0.277. The lowest BCUT2D eigenvalue weighted by molar-refractivity contribution is -0.0807. The molecule has 2 saturated carbocycles. The molecule has 3 aliphatic rings. The highest BCUT2D eigenvalue weighted by Crippen LogP contribution is 2.48. The van der Waals surface area contributed by atoms with Crippen molar-refractivity contribution in [2.24, 2.45) is 17.1 Å². The van der Waals surface area contributed by atoms with E-state index in [1.165, 1.54) is 77.0 Å². The first-order valence-corrected chi connectivity index (χ1v) is 9.03. The number of hydrogen-bond acceptors (Lipinski definition) is 2. The van der Waals surface area contributed by atoms with Gasteiger partial charge in [0.25, 0.3) is 0 Å². The predicted molar refractivity (Wildman–Crippen MR) is 83.7 cm³/mol. The summed E-state index contributed by atoms with van der Waals surface area (Å²) >= 11 is 0. The van der Waals surface area contributed by atoms with E-state index in [4.69, 9.17) is 10.5 Å². The standard InChI is InChI=1S/C18H33NO/c1-15-6-5-8-17(12-15,14-19)13-16-7-11-18(20-16)9-3-2-4-10-18/h15-16H,2-14,19H2,1H3. The van der Waals surface area contributed by atoms with Gasteiger partial charge in [-0.3, -0.25) is 0 Å². The number of nitrogens with two attached hydrogens (primary N) is 1. The highest BCUT2D eigenvalue weighted by atomic mass is 16.5. The molecule has 3 unspecified atom stereocenters. The maximum absolute atomic E-state index is 6.60. The third-order valence-corrected chi connectivity index (χ3v) is 6.38. The van der Waals surface area contributed by atoms with Gasteiger partial charge in [0.1, 0.15) is 0 Å². The van der Waals surface area contributed by atoms with Gasteiger partial charge in [-0.05, 0) is 62.8 Å². The van der Waals surface area contributed by atoms with Crippen LogP contribution in [-0.2, 0) is 4.74 Å². The number of hydrogen-bond donors (Lipinski definition) is 1. The van der Waals surface area contributed by atoms with Crippen LogP contribution in [0.15, 0.2) is 0 Å². The van der Waals surface area contributed by atoms with Gasteiger partial charge in [0, 0.05) is 0 Å². The van der Waals surface area contributed by atoms with E-state index in [1.807, 2.05) is 0 Å². The molecule has 1 heterocycles. The topological polar surface area (TPSA) is 35.2 Å². The Morgan fingerprint density at radius 2 is 1.80 bits per heavy atom. The SMILES string of the molecule is CC1CCCC(CN)(CC2CCC3(CCCCC3)O2)C1. The second-order valence-electron chi connectivity index (χ2n) is 8.13. The van der Waals surface area contributed by atoms with E-state index >= 15 is 0 Å². The fourth-order valence-electron chi connectivity index (χ4n) is 5.31. The molecular formula is C18H33NO. The molecule has 1 spiro atoms. The maximum Gasteiger partial charge on any atom is 0.0687 e. The van der Waals surface area contributed by atoms with Crippen molar-refractivity contribution >= 4 is 0 Å². The lowest BCUT2D eigenvalue weighted by atomic mass is 9.67. The Kier molecular flexibility index (Phi) is 4.42. The first kappa shape index (κ1) is 14.8. The molecule has 0 amide bonds. The molecule has 3 fully saturated rings. The highest BCUT2D eigenvalue weighted by molar-refractivity contribution is 4.95. The second-order valence-corrected chi connectivity index (χ2v) is 8.13. The summed E-state index contributed by atoms with van der Waals surface area (Å²) in [4.78, 5) is 0. The molecule has 2 N–H and O–H groups in total. The molecule has 0 radical (unpaired) electrons. The van der Waals surface area contributed by atoms with Crippen LogP contribution in [0.25, 0.3) is 0 Å². The van der Waals surface area contributed by atoms with Crippen LogP contribution in [0.1, 0.15) is 84.0 Å². The normalized spacial score (nSPS) is 41.1. The zero-order chi connectivity index (χ0) is 14.1. The summed E-state index contributed by atoms with van der Waals surface area (Å²) in [5.74, 6) is 0.859.